The SMILES string of the molecule is CCN(C)[C@H](C(=O)OCCNc1cccnn1)c1ccccc1. The Morgan fingerprint density at radius 3 is 2.70 bits per heavy atom. The fourth-order valence-corrected chi connectivity index (χ4v) is 2.19. The summed E-state index contributed by atoms with van der Waals surface area (Å²) in [6.45, 7) is 3.53. The predicted octanol–water partition coefficient (Wildman–Crippen LogP) is 2.12. The smallest absolute Gasteiger partial charge is 0.328 e. The van der Waals surface area contributed by atoms with Gasteiger partial charge in [0.25, 0.3) is 0 Å². The molecule has 23 heavy (non-hydrogen) atoms. The van der Waals surface area contributed by atoms with Crippen LogP contribution in [0, 0.1) is 0 Å². The first-order chi connectivity index (χ1) is 11.2. The van der Waals surface area contributed by atoms with Gasteiger partial charge in [0.1, 0.15) is 18.5 Å². The number of rotatable bonds is 8. The van der Waals surface area contributed by atoms with Crippen molar-refractivity contribution in [2.24, 2.45) is 0 Å². The Bertz CT molecular complexity index is 592. The van der Waals surface area contributed by atoms with Crippen LogP contribution in [0.4, 0.5) is 5.82 Å². The fraction of sp³-hybridized carbons (Fsp3) is 0.353. The Kier molecular flexibility index (Phi) is 6.50. The number of hydrogen-bond acceptors (Lipinski definition) is 6. The van der Waals surface area contributed by atoms with E-state index < -0.39 is 6.04 Å². The second-order valence-corrected chi connectivity index (χ2v) is 5.09. The number of likely N-dealkylation sites (N-methyl/N-ethyl adjacent to an activating group) is 1. The van der Waals surface area contributed by atoms with E-state index in [0.717, 1.165) is 12.1 Å². The summed E-state index contributed by atoms with van der Waals surface area (Å²) in [6, 6.07) is 12.9. The third-order valence-corrected chi connectivity index (χ3v) is 3.50. The van der Waals surface area contributed by atoms with Gasteiger partial charge in [0, 0.05) is 6.20 Å². The maximum Gasteiger partial charge on any atom is 0.328 e. The number of ether oxygens (including phenoxy) is 1. The Hall–Kier alpha value is -2.47. The van der Waals surface area contributed by atoms with Gasteiger partial charge in [0.15, 0.2) is 0 Å². The molecule has 1 aromatic carbocycles. The molecule has 0 saturated carbocycles. The van der Waals surface area contributed by atoms with Crippen LogP contribution in [0.1, 0.15) is 18.5 Å². The minimum atomic E-state index is -0.391. The van der Waals surface area contributed by atoms with Crippen LogP contribution in [0.5, 0.6) is 0 Å². The lowest BCUT2D eigenvalue weighted by molar-refractivity contribution is -0.149. The molecular formula is C17H22N4O2. The minimum Gasteiger partial charge on any atom is -0.462 e. The van der Waals surface area contributed by atoms with Crippen LogP contribution in [0.25, 0.3) is 0 Å². The van der Waals surface area contributed by atoms with E-state index in [9.17, 15) is 4.79 Å². The number of carbonyl (C=O) groups excluding carboxylic acids is 1. The van der Waals surface area contributed by atoms with Crippen molar-refractivity contribution in [3.8, 4) is 0 Å². The summed E-state index contributed by atoms with van der Waals surface area (Å²) in [5.74, 6) is 0.412. The van der Waals surface area contributed by atoms with Crippen molar-refractivity contribution >= 4 is 11.8 Å². The maximum absolute atomic E-state index is 12.4. The van der Waals surface area contributed by atoms with Crippen LogP contribution in [-0.4, -0.2) is 47.8 Å². The molecule has 0 fully saturated rings. The summed E-state index contributed by atoms with van der Waals surface area (Å²) in [5, 5.41) is 10.7. The highest BCUT2D eigenvalue weighted by molar-refractivity contribution is 5.77. The topological polar surface area (TPSA) is 67.3 Å². The number of benzene rings is 1. The molecule has 0 aliphatic rings. The average Bonchev–Trinajstić information content (AvgIpc) is 2.60. The maximum atomic E-state index is 12.4. The molecule has 122 valence electrons. The van der Waals surface area contributed by atoms with Crippen LogP contribution in [-0.2, 0) is 9.53 Å². The Morgan fingerprint density at radius 1 is 1.26 bits per heavy atom. The lowest BCUT2D eigenvalue weighted by Crippen LogP contribution is -2.33. The number of nitrogens with zero attached hydrogens (tertiary/aromatic N) is 3. The van der Waals surface area contributed by atoms with E-state index in [1.807, 2.05) is 55.3 Å². The molecule has 0 bridgehead atoms. The zero-order valence-corrected chi connectivity index (χ0v) is 13.5. The predicted molar refractivity (Wildman–Crippen MR) is 89.0 cm³/mol. The molecule has 0 radical (unpaired) electrons. The van der Waals surface area contributed by atoms with E-state index in [-0.39, 0.29) is 12.6 Å². The summed E-state index contributed by atoms with van der Waals surface area (Å²) in [5.41, 5.74) is 0.934. The second-order valence-electron chi connectivity index (χ2n) is 5.09. The zero-order chi connectivity index (χ0) is 16.5. The Morgan fingerprint density at radius 2 is 2.04 bits per heavy atom. The molecule has 1 heterocycles. The summed E-state index contributed by atoms with van der Waals surface area (Å²) in [7, 11) is 1.91. The molecule has 0 aliphatic heterocycles. The standard InChI is InChI=1S/C17H22N4O2/c1-3-21(2)16(14-8-5-4-6-9-14)17(22)23-13-12-18-15-10-7-11-19-20-15/h4-11,16H,3,12-13H2,1-2H3,(H,18,20)/t16-/m0/s1. The van der Waals surface area contributed by atoms with Crippen LogP contribution >= 0.6 is 0 Å². The fourth-order valence-electron chi connectivity index (χ4n) is 2.19. The Balaban J connectivity index is 1.88. The van der Waals surface area contributed by atoms with E-state index in [0.29, 0.717) is 12.4 Å². The number of esters is 1. The third-order valence-electron chi connectivity index (χ3n) is 3.50. The molecular weight excluding hydrogens is 292 g/mol. The second kappa shape index (κ2) is 8.85. The van der Waals surface area contributed by atoms with Gasteiger partial charge in [-0.15, -0.1) is 5.10 Å². The van der Waals surface area contributed by atoms with E-state index >= 15 is 0 Å². The summed E-state index contributed by atoms with van der Waals surface area (Å²) in [6.07, 6.45) is 1.61. The van der Waals surface area contributed by atoms with E-state index in [4.69, 9.17) is 4.74 Å². The zero-order valence-electron chi connectivity index (χ0n) is 13.5. The van der Waals surface area contributed by atoms with Gasteiger partial charge in [0.2, 0.25) is 0 Å². The van der Waals surface area contributed by atoms with Crippen molar-refractivity contribution in [1.82, 2.24) is 15.1 Å². The van der Waals surface area contributed by atoms with Crippen molar-refractivity contribution < 1.29 is 9.53 Å². The van der Waals surface area contributed by atoms with Crippen molar-refractivity contribution in [3.63, 3.8) is 0 Å². The number of hydrogen-bond donors (Lipinski definition) is 1. The van der Waals surface area contributed by atoms with Crippen molar-refractivity contribution in [2.75, 3.05) is 32.1 Å². The van der Waals surface area contributed by atoms with Crippen molar-refractivity contribution in [2.45, 2.75) is 13.0 Å². The van der Waals surface area contributed by atoms with Crippen LogP contribution in [0.15, 0.2) is 48.7 Å². The molecule has 1 N–H and O–H groups in total. The van der Waals surface area contributed by atoms with Gasteiger partial charge in [-0.3, -0.25) is 4.90 Å². The van der Waals surface area contributed by atoms with E-state index in [2.05, 4.69) is 15.5 Å². The van der Waals surface area contributed by atoms with Crippen molar-refractivity contribution in [1.29, 1.82) is 0 Å². The lowest BCUT2D eigenvalue weighted by atomic mass is 10.1. The van der Waals surface area contributed by atoms with E-state index in [1.54, 1.807) is 12.3 Å². The van der Waals surface area contributed by atoms with Gasteiger partial charge >= 0.3 is 5.97 Å². The molecule has 0 saturated heterocycles. The largest absolute Gasteiger partial charge is 0.462 e. The van der Waals surface area contributed by atoms with Gasteiger partial charge in [-0.2, -0.15) is 5.10 Å². The third kappa shape index (κ3) is 5.03. The van der Waals surface area contributed by atoms with Crippen molar-refractivity contribution in [3.05, 3.63) is 54.2 Å². The molecule has 0 aliphatic carbocycles. The molecule has 2 aromatic rings. The molecule has 0 amide bonds. The minimum absolute atomic E-state index is 0.249. The molecule has 2 rings (SSSR count). The summed E-state index contributed by atoms with van der Waals surface area (Å²) < 4.78 is 5.41. The van der Waals surface area contributed by atoms with Crippen LogP contribution in [0.2, 0.25) is 0 Å². The Labute approximate surface area is 136 Å². The number of nitrogens with one attached hydrogen (secondary N) is 1. The molecule has 1 atom stereocenters. The first-order valence-electron chi connectivity index (χ1n) is 7.65. The average molecular weight is 314 g/mol. The molecule has 6 nitrogen and oxygen atoms in total. The number of anilines is 1. The molecule has 6 heteroatoms. The van der Waals surface area contributed by atoms with Gasteiger partial charge < -0.3 is 10.1 Å². The van der Waals surface area contributed by atoms with Crippen LogP contribution in [0.3, 0.4) is 0 Å². The molecule has 0 unspecified atom stereocenters. The van der Waals surface area contributed by atoms with Gasteiger partial charge in [-0.05, 0) is 31.3 Å². The number of carbonyl (C=O) groups is 1. The highest BCUT2D eigenvalue weighted by Crippen LogP contribution is 2.20. The van der Waals surface area contributed by atoms with Gasteiger partial charge in [0.05, 0.1) is 6.54 Å². The van der Waals surface area contributed by atoms with Gasteiger partial charge in [-0.1, -0.05) is 37.3 Å². The quantitative estimate of drug-likeness (QED) is 0.595. The highest BCUT2D eigenvalue weighted by Gasteiger charge is 2.25. The van der Waals surface area contributed by atoms with Gasteiger partial charge in [-0.25, -0.2) is 4.79 Å². The monoisotopic (exact) mass is 314 g/mol. The first kappa shape index (κ1) is 16.9. The summed E-state index contributed by atoms with van der Waals surface area (Å²) >= 11 is 0. The lowest BCUT2D eigenvalue weighted by Gasteiger charge is -2.25. The van der Waals surface area contributed by atoms with Crippen LogP contribution < -0.4 is 5.32 Å². The first-order valence-corrected chi connectivity index (χ1v) is 7.65. The molecule has 0 spiro atoms. The number of aromatic nitrogens is 2. The van der Waals surface area contributed by atoms with E-state index in [1.165, 1.54) is 0 Å². The summed E-state index contributed by atoms with van der Waals surface area (Å²) in [4.78, 5) is 14.4. The highest BCUT2D eigenvalue weighted by atomic mass is 16.5. The normalized spacial score (nSPS) is 12.0. The molecule has 1 aromatic heterocycles.